The molecular weight excluding hydrogens is 406 g/mol. The van der Waals surface area contributed by atoms with Crippen LogP contribution in [0.25, 0.3) is 5.57 Å². The Balaban J connectivity index is 2.06. The summed E-state index contributed by atoms with van der Waals surface area (Å²) in [5, 5.41) is 21.0. The van der Waals surface area contributed by atoms with Crippen molar-refractivity contribution < 1.29 is 28.6 Å². The molecule has 0 fully saturated rings. The maximum Gasteiger partial charge on any atom is 0.194 e. The summed E-state index contributed by atoms with van der Waals surface area (Å²) in [6.07, 6.45) is 4.41. The molecule has 2 N–H and O–H groups in total. The molecule has 0 bridgehead atoms. The molecule has 0 unspecified atom stereocenters. The van der Waals surface area contributed by atoms with Crippen LogP contribution in [0.5, 0.6) is 11.5 Å². The van der Waals surface area contributed by atoms with Gasteiger partial charge in [-0.2, -0.15) is 0 Å². The van der Waals surface area contributed by atoms with Crippen molar-refractivity contribution in [2.24, 2.45) is 0 Å². The van der Waals surface area contributed by atoms with Crippen LogP contribution in [0.1, 0.15) is 21.5 Å². The molecule has 1 heterocycles. The highest BCUT2D eigenvalue weighted by atomic mass is 28.3. The molecule has 2 aromatic carbocycles. The lowest BCUT2D eigenvalue weighted by Crippen LogP contribution is -2.49. The van der Waals surface area contributed by atoms with Gasteiger partial charge in [0, 0.05) is 11.1 Å². The minimum Gasteiger partial charge on any atom is -0.508 e. The zero-order valence-electron chi connectivity index (χ0n) is 16.5. The van der Waals surface area contributed by atoms with Crippen LogP contribution < -0.4 is 5.19 Å². The van der Waals surface area contributed by atoms with E-state index in [9.17, 15) is 28.6 Å². The average molecular weight is 424 g/mol. The molecule has 0 aromatic heterocycles. The Labute approximate surface area is 172 Å². The number of carbonyl (C=O) groups is 2. The number of rotatable bonds is 2. The fourth-order valence-corrected chi connectivity index (χ4v) is 7.20. The number of benzene rings is 2. The monoisotopic (exact) mass is 424 g/mol. The molecule has 1 aliphatic carbocycles. The lowest BCUT2D eigenvalue weighted by molar-refractivity contribution is -0.110. The summed E-state index contributed by atoms with van der Waals surface area (Å²) >= 11 is 0. The van der Waals surface area contributed by atoms with Gasteiger partial charge in [0.05, 0.1) is 0 Å². The summed E-state index contributed by atoms with van der Waals surface area (Å²) in [6.45, 7) is 5.31. The van der Waals surface area contributed by atoms with Crippen molar-refractivity contribution in [3.63, 3.8) is 0 Å². The van der Waals surface area contributed by atoms with E-state index in [1.54, 1.807) is 18.2 Å². The second-order valence-corrected chi connectivity index (χ2v) is 12.3. The predicted octanol–water partition coefficient (Wildman–Crippen LogP) is 3.85. The molecule has 2 aromatic rings. The van der Waals surface area contributed by atoms with E-state index in [4.69, 9.17) is 0 Å². The summed E-state index contributed by atoms with van der Waals surface area (Å²) in [5.74, 6) is -4.35. The number of hydrogen-bond acceptors (Lipinski definition) is 4. The van der Waals surface area contributed by atoms with Gasteiger partial charge in [-0.3, -0.25) is 9.59 Å². The Hall–Kier alpha value is -3.32. The number of allylic oxidation sites excluding steroid dienone is 6. The maximum absolute atomic E-state index is 14.3. The summed E-state index contributed by atoms with van der Waals surface area (Å²) in [4.78, 5) is 25.7. The molecule has 7 heteroatoms. The van der Waals surface area contributed by atoms with Crippen LogP contribution >= 0.6 is 0 Å². The number of phenolic OH excluding ortho intramolecular Hbond substituents is 2. The fraction of sp³-hybridized carbons (Fsp3) is 0.130. The molecule has 0 amide bonds. The van der Waals surface area contributed by atoms with E-state index in [0.717, 1.165) is 11.3 Å². The first-order valence-electron chi connectivity index (χ1n) is 9.29. The highest BCUT2D eigenvalue weighted by Crippen LogP contribution is 2.41. The lowest BCUT2D eigenvalue weighted by Gasteiger charge is -2.37. The fourth-order valence-electron chi connectivity index (χ4n) is 4.14. The van der Waals surface area contributed by atoms with Crippen molar-refractivity contribution in [1.82, 2.24) is 0 Å². The lowest BCUT2D eigenvalue weighted by atomic mass is 9.88. The van der Waals surface area contributed by atoms with Gasteiger partial charge in [-0.1, -0.05) is 25.2 Å². The third-order valence-electron chi connectivity index (χ3n) is 5.79. The second-order valence-electron chi connectivity index (χ2n) is 7.96. The smallest absolute Gasteiger partial charge is 0.194 e. The minimum absolute atomic E-state index is 0.0285. The maximum atomic E-state index is 14.3. The number of fused-ring (bicyclic) bond motifs is 2. The number of halogens is 2. The van der Waals surface area contributed by atoms with Crippen molar-refractivity contribution in [1.29, 1.82) is 0 Å². The number of carbonyl (C=O) groups excluding carboxylic acids is 2. The highest BCUT2D eigenvalue weighted by molar-refractivity contribution is 6.98. The van der Waals surface area contributed by atoms with Gasteiger partial charge < -0.3 is 10.2 Å². The summed E-state index contributed by atoms with van der Waals surface area (Å²) < 4.78 is 28.3. The van der Waals surface area contributed by atoms with E-state index in [0.29, 0.717) is 16.3 Å². The first kappa shape index (κ1) is 20.0. The molecule has 30 heavy (non-hydrogen) atoms. The van der Waals surface area contributed by atoms with Gasteiger partial charge >= 0.3 is 0 Å². The number of ketones is 2. The van der Waals surface area contributed by atoms with E-state index >= 15 is 0 Å². The number of hydrogen-bond donors (Lipinski definition) is 2. The highest BCUT2D eigenvalue weighted by Gasteiger charge is 2.41. The normalized spacial score (nSPS) is 16.8. The molecule has 4 nitrogen and oxygen atoms in total. The molecule has 0 saturated heterocycles. The van der Waals surface area contributed by atoms with E-state index in [1.807, 2.05) is 13.1 Å². The largest absolute Gasteiger partial charge is 0.508 e. The molecule has 0 radical (unpaired) electrons. The molecule has 0 spiro atoms. The first-order chi connectivity index (χ1) is 14.0. The Morgan fingerprint density at radius 1 is 1.07 bits per heavy atom. The average Bonchev–Trinajstić information content (AvgIpc) is 2.70. The van der Waals surface area contributed by atoms with E-state index in [-0.39, 0.29) is 28.2 Å². The summed E-state index contributed by atoms with van der Waals surface area (Å²) in [7, 11) is -2.45. The topological polar surface area (TPSA) is 74.6 Å². The van der Waals surface area contributed by atoms with Gasteiger partial charge in [0.1, 0.15) is 13.8 Å². The number of Topliss-reactive ketones (excluding diaryl/α,β-unsaturated/α-hetero) is 1. The Kier molecular flexibility index (Phi) is 4.39. The van der Waals surface area contributed by atoms with Crippen LogP contribution in [0.3, 0.4) is 0 Å². The van der Waals surface area contributed by atoms with Crippen LogP contribution in [0.2, 0.25) is 13.1 Å². The van der Waals surface area contributed by atoms with Gasteiger partial charge in [-0.05, 0) is 64.4 Å². The van der Waals surface area contributed by atoms with Crippen molar-refractivity contribution >= 4 is 30.4 Å². The molecule has 1 aliphatic heterocycles. The third kappa shape index (κ3) is 2.77. The van der Waals surface area contributed by atoms with Crippen molar-refractivity contribution in [3.8, 4) is 11.5 Å². The van der Waals surface area contributed by atoms with Crippen molar-refractivity contribution in [3.05, 3.63) is 81.6 Å². The molecule has 0 saturated carbocycles. The van der Waals surface area contributed by atoms with Crippen LogP contribution in [0.4, 0.5) is 8.78 Å². The van der Waals surface area contributed by atoms with Crippen molar-refractivity contribution in [2.45, 2.75) is 20.0 Å². The Morgan fingerprint density at radius 3 is 2.47 bits per heavy atom. The van der Waals surface area contributed by atoms with Crippen molar-refractivity contribution in [2.75, 3.05) is 0 Å². The van der Waals surface area contributed by atoms with E-state index < -0.39 is 31.2 Å². The van der Waals surface area contributed by atoms with Gasteiger partial charge in [-0.25, -0.2) is 8.78 Å². The van der Waals surface area contributed by atoms with Crippen LogP contribution in [0, 0.1) is 18.6 Å². The summed E-state index contributed by atoms with van der Waals surface area (Å²) in [6, 6.07) is 5.47. The third-order valence-corrected chi connectivity index (χ3v) is 9.31. The van der Waals surface area contributed by atoms with Gasteiger partial charge in [0.15, 0.2) is 29.0 Å². The van der Waals surface area contributed by atoms with Gasteiger partial charge in [0.25, 0.3) is 0 Å². The number of phenols is 2. The van der Waals surface area contributed by atoms with Gasteiger partial charge in [-0.15, -0.1) is 0 Å². The van der Waals surface area contributed by atoms with Crippen LogP contribution in [-0.2, 0) is 4.79 Å². The molecular formula is C23H18F2O4Si. The van der Waals surface area contributed by atoms with Gasteiger partial charge in [0.2, 0.25) is 0 Å². The zero-order valence-corrected chi connectivity index (χ0v) is 17.5. The molecule has 4 rings (SSSR count). The quantitative estimate of drug-likeness (QED) is 0.567. The molecule has 2 aliphatic rings. The van der Waals surface area contributed by atoms with Crippen LogP contribution in [0.15, 0.2) is 53.3 Å². The number of aromatic hydroxyl groups is 2. The zero-order chi connectivity index (χ0) is 22.0. The van der Waals surface area contributed by atoms with E-state index in [2.05, 4.69) is 0 Å². The SMILES string of the molecule is Cc1c(C(=O)C2=C3C=CC(=O)C=C3[Si](C)(C)c3cc(O)ccc32)cc(F)c(O)c1F. The minimum atomic E-state index is -2.45. The summed E-state index contributed by atoms with van der Waals surface area (Å²) in [5.41, 5.74) is 0.933. The standard InChI is InChI=1S/C23H18F2O4Si/c1-11-16(10-17(24)23(29)21(11)25)22(28)20-14-6-4-12(26)8-18(14)30(2,3)19-9-13(27)5-7-15(19)20/h4-10,26,29H,1-3H3. The molecule has 152 valence electrons. The van der Waals surface area contributed by atoms with Crippen LogP contribution in [-0.4, -0.2) is 29.9 Å². The molecule has 0 atom stereocenters. The Bertz CT molecular complexity index is 1250. The predicted molar refractivity (Wildman–Crippen MR) is 111 cm³/mol. The second kappa shape index (κ2) is 6.60. The Morgan fingerprint density at radius 2 is 1.77 bits per heavy atom. The first-order valence-corrected chi connectivity index (χ1v) is 12.3. The van der Waals surface area contributed by atoms with E-state index in [1.165, 1.54) is 25.1 Å².